The minimum atomic E-state index is -0.371. The molecular formula is C17H22FNO. The highest BCUT2D eigenvalue weighted by Crippen LogP contribution is 2.34. The zero-order chi connectivity index (χ0) is 14.3. The zero-order valence-corrected chi connectivity index (χ0v) is 12.2. The number of hydrogen-bond acceptors (Lipinski definition) is 2. The van der Waals surface area contributed by atoms with Crippen LogP contribution >= 0.6 is 0 Å². The number of carbonyl (C=O) groups excluding carboxylic acids is 1. The third-order valence-electron chi connectivity index (χ3n) is 4.86. The Morgan fingerprint density at radius 1 is 1.25 bits per heavy atom. The van der Waals surface area contributed by atoms with E-state index in [1.54, 1.807) is 0 Å². The van der Waals surface area contributed by atoms with Gasteiger partial charge in [0.25, 0.3) is 0 Å². The first-order valence-corrected chi connectivity index (χ1v) is 7.63. The molecule has 1 N–H and O–H groups in total. The Hall–Kier alpha value is -1.22. The Labute approximate surface area is 119 Å². The van der Waals surface area contributed by atoms with Crippen LogP contribution in [0.15, 0.2) is 12.1 Å². The lowest BCUT2D eigenvalue weighted by atomic mass is 9.84. The summed E-state index contributed by atoms with van der Waals surface area (Å²) in [6, 6.07) is 3.62. The molecule has 3 heteroatoms. The van der Waals surface area contributed by atoms with Crippen molar-refractivity contribution in [2.75, 3.05) is 0 Å². The molecule has 0 radical (unpaired) electrons. The van der Waals surface area contributed by atoms with E-state index in [4.69, 9.17) is 0 Å². The lowest BCUT2D eigenvalue weighted by Gasteiger charge is -2.24. The van der Waals surface area contributed by atoms with E-state index >= 15 is 0 Å². The van der Waals surface area contributed by atoms with E-state index in [2.05, 4.69) is 5.32 Å². The first kappa shape index (κ1) is 13.7. The first-order chi connectivity index (χ1) is 9.56. The summed E-state index contributed by atoms with van der Waals surface area (Å²) < 4.78 is 14.1. The third kappa shape index (κ3) is 2.39. The van der Waals surface area contributed by atoms with Crippen LogP contribution in [-0.4, -0.2) is 17.9 Å². The molecule has 1 saturated carbocycles. The van der Waals surface area contributed by atoms with Crippen LogP contribution < -0.4 is 5.32 Å². The van der Waals surface area contributed by atoms with Crippen molar-refractivity contribution >= 4 is 5.78 Å². The molecule has 3 atom stereocenters. The van der Waals surface area contributed by atoms with Crippen LogP contribution in [0.4, 0.5) is 4.39 Å². The molecule has 2 nitrogen and oxygen atoms in total. The first-order valence-electron chi connectivity index (χ1n) is 7.63. The Morgan fingerprint density at radius 3 is 2.70 bits per heavy atom. The molecule has 20 heavy (non-hydrogen) atoms. The van der Waals surface area contributed by atoms with Gasteiger partial charge in [0, 0.05) is 6.04 Å². The van der Waals surface area contributed by atoms with E-state index in [1.807, 2.05) is 19.9 Å². The second kappa shape index (κ2) is 5.28. The van der Waals surface area contributed by atoms with Crippen molar-refractivity contribution in [2.24, 2.45) is 5.92 Å². The van der Waals surface area contributed by atoms with Gasteiger partial charge in [-0.3, -0.25) is 4.79 Å². The molecule has 108 valence electrons. The number of carbonyl (C=O) groups is 1. The van der Waals surface area contributed by atoms with Crippen molar-refractivity contribution in [1.29, 1.82) is 0 Å². The molecule has 3 rings (SSSR count). The summed E-state index contributed by atoms with van der Waals surface area (Å²) in [6.45, 7) is 3.68. The highest BCUT2D eigenvalue weighted by molar-refractivity contribution is 6.01. The standard InChI is InChI=1S/C17H22FNO/c1-10-7-11(2)16(13(18)8-10)17(20)15-9-12-5-3-4-6-14(12)19-15/h7-8,12,14-15,19H,3-6,9H2,1-2H3. The molecular weight excluding hydrogens is 253 g/mol. The fraction of sp³-hybridized carbons (Fsp3) is 0.588. The van der Waals surface area contributed by atoms with Crippen LogP contribution in [0.3, 0.4) is 0 Å². The summed E-state index contributed by atoms with van der Waals surface area (Å²) in [6.07, 6.45) is 5.74. The Kier molecular flexibility index (Phi) is 3.63. The number of rotatable bonds is 2. The fourth-order valence-corrected chi connectivity index (χ4v) is 3.92. The van der Waals surface area contributed by atoms with Gasteiger partial charge >= 0.3 is 0 Å². The molecule has 1 saturated heterocycles. The van der Waals surface area contributed by atoms with Crippen LogP contribution in [0.25, 0.3) is 0 Å². The van der Waals surface area contributed by atoms with E-state index in [-0.39, 0.29) is 23.2 Å². The molecule has 2 fully saturated rings. The van der Waals surface area contributed by atoms with Gasteiger partial charge in [-0.1, -0.05) is 18.9 Å². The molecule has 0 spiro atoms. The lowest BCUT2D eigenvalue weighted by molar-refractivity contribution is 0.0944. The molecule has 1 heterocycles. The van der Waals surface area contributed by atoms with Gasteiger partial charge in [-0.05, 0) is 56.2 Å². The van der Waals surface area contributed by atoms with Crippen LogP contribution in [0.5, 0.6) is 0 Å². The van der Waals surface area contributed by atoms with Crippen molar-refractivity contribution in [3.05, 3.63) is 34.6 Å². The third-order valence-corrected chi connectivity index (χ3v) is 4.86. The monoisotopic (exact) mass is 275 g/mol. The summed E-state index contributed by atoms with van der Waals surface area (Å²) in [5, 5.41) is 3.44. The Balaban J connectivity index is 1.83. The number of benzene rings is 1. The molecule has 1 aliphatic heterocycles. The van der Waals surface area contributed by atoms with Crippen molar-refractivity contribution in [2.45, 2.75) is 58.0 Å². The van der Waals surface area contributed by atoms with Gasteiger partial charge in [0.05, 0.1) is 11.6 Å². The Bertz CT molecular complexity index is 503. The quantitative estimate of drug-likeness (QED) is 0.836. The molecule has 1 aromatic rings. The van der Waals surface area contributed by atoms with Crippen molar-refractivity contribution in [3.63, 3.8) is 0 Å². The van der Waals surface area contributed by atoms with Crippen LogP contribution in [0.2, 0.25) is 0 Å². The van der Waals surface area contributed by atoms with Crippen molar-refractivity contribution in [3.8, 4) is 0 Å². The molecule has 1 aliphatic carbocycles. The molecule has 3 unspecified atom stereocenters. The minimum Gasteiger partial charge on any atom is -0.304 e. The predicted octanol–water partition coefficient (Wildman–Crippen LogP) is 3.55. The van der Waals surface area contributed by atoms with E-state index in [9.17, 15) is 9.18 Å². The second-order valence-corrected chi connectivity index (χ2v) is 6.41. The largest absolute Gasteiger partial charge is 0.304 e. The molecule has 0 aromatic heterocycles. The average Bonchev–Trinajstić information content (AvgIpc) is 2.81. The fourth-order valence-electron chi connectivity index (χ4n) is 3.92. The van der Waals surface area contributed by atoms with E-state index in [0.717, 1.165) is 24.0 Å². The number of nitrogens with one attached hydrogen (secondary N) is 1. The molecule has 0 bridgehead atoms. The second-order valence-electron chi connectivity index (χ2n) is 6.41. The number of ketones is 1. The van der Waals surface area contributed by atoms with Gasteiger partial charge in [-0.2, -0.15) is 0 Å². The number of halogens is 1. The minimum absolute atomic E-state index is 0.0607. The van der Waals surface area contributed by atoms with Crippen molar-refractivity contribution in [1.82, 2.24) is 5.32 Å². The van der Waals surface area contributed by atoms with E-state index in [0.29, 0.717) is 12.0 Å². The molecule has 2 aliphatic rings. The maximum atomic E-state index is 14.1. The maximum Gasteiger partial charge on any atom is 0.182 e. The zero-order valence-electron chi connectivity index (χ0n) is 12.2. The average molecular weight is 275 g/mol. The van der Waals surface area contributed by atoms with Gasteiger partial charge < -0.3 is 5.32 Å². The summed E-state index contributed by atoms with van der Waals surface area (Å²) in [5.74, 6) is 0.171. The van der Waals surface area contributed by atoms with Gasteiger partial charge in [0.15, 0.2) is 5.78 Å². The van der Waals surface area contributed by atoms with Gasteiger partial charge in [0.1, 0.15) is 5.82 Å². The SMILES string of the molecule is Cc1cc(C)c(C(=O)C2CC3CCCCC3N2)c(F)c1. The highest BCUT2D eigenvalue weighted by Gasteiger charge is 2.39. The van der Waals surface area contributed by atoms with Crippen LogP contribution in [0, 0.1) is 25.6 Å². The van der Waals surface area contributed by atoms with Gasteiger partial charge in [0.2, 0.25) is 0 Å². The lowest BCUT2D eigenvalue weighted by Crippen LogP contribution is -2.37. The normalized spacial score (nSPS) is 29.2. The molecule has 0 amide bonds. The molecule has 1 aromatic carbocycles. The number of fused-ring (bicyclic) bond motifs is 1. The smallest absolute Gasteiger partial charge is 0.182 e. The topological polar surface area (TPSA) is 29.1 Å². The van der Waals surface area contributed by atoms with E-state index < -0.39 is 0 Å². The van der Waals surface area contributed by atoms with Gasteiger partial charge in [-0.15, -0.1) is 0 Å². The number of hydrogen-bond donors (Lipinski definition) is 1. The summed E-state index contributed by atoms with van der Waals surface area (Å²) in [7, 11) is 0. The van der Waals surface area contributed by atoms with Crippen molar-refractivity contribution < 1.29 is 9.18 Å². The van der Waals surface area contributed by atoms with E-state index in [1.165, 1.54) is 25.3 Å². The summed E-state index contributed by atoms with van der Waals surface area (Å²) >= 11 is 0. The summed E-state index contributed by atoms with van der Waals surface area (Å²) in [5.41, 5.74) is 1.90. The van der Waals surface area contributed by atoms with Crippen LogP contribution in [0.1, 0.15) is 53.6 Å². The Morgan fingerprint density at radius 2 is 2.00 bits per heavy atom. The highest BCUT2D eigenvalue weighted by atomic mass is 19.1. The number of Topliss-reactive ketones (excluding diaryl/α,β-unsaturated/α-hetero) is 1. The maximum absolute atomic E-state index is 14.1. The summed E-state index contributed by atoms with van der Waals surface area (Å²) in [4.78, 5) is 12.6. The van der Waals surface area contributed by atoms with Crippen LogP contribution in [-0.2, 0) is 0 Å². The number of aryl methyl sites for hydroxylation is 2. The van der Waals surface area contributed by atoms with Gasteiger partial charge in [-0.25, -0.2) is 4.39 Å². The predicted molar refractivity (Wildman–Crippen MR) is 77.5 cm³/mol.